The van der Waals surface area contributed by atoms with E-state index in [1.165, 1.54) is 0 Å². The molecule has 10 heteroatoms. The maximum Gasteiger partial charge on any atom is 0.316 e. The zero-order valence-corrected chi connectivity index (χ0v) is 12.6. The lowest BCUT2D eigenvalue weighted by Crippen LogP contribution is -2.48. The van der Waals surface area contributed by atoms with E-state index < -0.39 is 67.2 Å². The van der Waals surface area contributed by atoms with Gasteiger partial charge in [-0.05, 0) is 0 Å². The van der Waals surface area contributed by atoms with Gasteiger partial charge < -0.3 is 39.4 Å². The van der Waals surface area contributed by atoms with Crippen LogP contribution in [0.4, 0.5) is 0 Å². The van der Waals surface area contributed by atoms with Crippen molar-refractivity contribution in [3.63, 3.8) is 0 Å². The maximum atomic E-state index is 12.0. The van der Waals surface area contributed by atoms with Crippen molar-refractivity contribution in [2.24, 2.45) is 5.92 Å². The van der Waals surface area contributed by atoms with Gasteiger partial charge in [0.25, 0.3) is 0 Å². The van der Waals surface area contributed by atoms with E-state index >= 15 is 0 Å². The van der Waals surface area contributed by atoms with Crippen LogP contribution < -0.4 is 0 Å². The molecule has 0 saturated carbocycles. The number of aliphatic hydroxyl groups is 4. The van der Waals surface area contributed by atoms with Crippen molar-refractivity contribution >= 4 is 11.9 Å². The topological polar surface area (TPSA) is 152 Å². The Morgan fingerprint density at radius 2 is 1.91 bits per heavy atom. The Morgan fingerprint density at radius 1 is 1.26 bits per heavy atom. The standard InChI is InChI=1S/C13H20O10/c1-20-6(16)3-13(19)7(12(18)21-2)10-11(23-13)8(17)9(22-10)5(15)4-14/h5,7-11,14-15,17,19H,3-4H2,1-2H3/t5-,7+,8+,9+,10-,11-,13+/m1/s1. The third-order valence-electron chi connectivity index (χ3n) is 4.11. The van der Waals surface area contributed by atoms with E-state index in [0.29, 0.717) is 0 Å². The smallest absolute Gasteiger partial charge is 0.316 e. The minimum Gasteiger partial charge on any atom is -0.469 e. The summed E-state index contributed by atoms with van der Waals surface area (Å²) in [5, 5.41) is 39.3. The number of fused-ring (bicyclic) bond motifs is 1. The number of esters is 2. The Bertz CT molecular complexity index is 468. The predicted octanol–water partition coefficient (Wildman–Crippen LogP) is -3.09. The van der Waals surface area contributed by atoms with Crippen LogP contribution in [-0.4, -0.2) is 89.5 Å². The first kappa shape index (κ1) is 18.0. The first-order valence-electron chi connectivity index (χ1n) is 6.96. The number of ether oxygens (including phenoxy) is 4. The van der Waals surface area contributed by atoms with Crippen LogP contribution in [0.3, 0.4) is 0 Å². The van der Waals surface area contributed by atoms with Crippen LogP contribution in [-0.2, 0) is 28.5 Å². The summed E-state index contributed by atoms with van der Waals surface area (Å²) in [5.74, 6) is -5.44. The van der Waals surface area contributed by atoms with Crippen LogP contribution in [0.2, 0.25) is 0 Å². The zero-order chi connectivity index (χ0) is 17.4. The van der Waals surface area contributed by atoms with Gasteiger partial charge in [0, 0.05) is 0 Å². The molecule has 0 spiro atoms. The van der Waals surface area contributed by atoms with Gasteiger partial charge in [0.1, 0.15) is 42.9 Å². The molecule has 0 unspecified atom stereocenters. The van der Waals surface area contributed by atoms with Crippen LogP contribution in [0.25, 0.3) is 0 Å². The predicted molar refractivity (Wildman–Crippen MR) is 69.7 cm³/mol. The molecular formula is C13H20O10. The number of rotatable bonds is 5. The van der Waals surface area contributed by atoms with E-state index in [1.54, 1.807) is 0 Å². The molecule has 132 valence electrons. The Hall–Kier alpha value is -1.30. The van der Waals surface area contributed by atoms with Crippen molar-refractivity contribution in [1.82, 2.24) is 0 Å². The minimum atomic E-state index is -2.27. The largest absolute Gasteiger partial charge is 0.469 e. The fourth-order valence-corrected chi connectivity index (χ4v) is 2.99. The summed E-state index contributed by atoms with van der Waals surface area (Å²) in [4.78, 5) is 23.5. The van der Waals surface area contributed by atoms with Gasteiger partial charge in [-0.15, -0.1) is 0 Å². The Morgan fingerprint density at radius 3 is 2.43 bits per heavy atom. The van der Waals surface area contributed by atoms with E-state index in [0.717, 1.165) is 14.2 Å². The molecule has 0 aromatic rings. The monoisotopic (exact) mass is 336 g/mol. The zero-order valence-electron chi connectivity index (χ0n) is 12.6. The summed E-state index contributed by atoms with van der Waals surface area (Å²) >= 11 is 0. The van der Waals surface area contributed by atoms with Gasteiger partial charge in [-0.3, -0.25) is 9.59 Å². The summed E-state index contributed by atoms with van der Waals surface area (Å²) in [6.45, 7) is -0.670. The fourth-order valence-electron chi connectivity index (χ4n) is 2.99. The van der Waals surface area contributed by atoms with Gasteiger partial charge in [-0.25, -0.2) is 0 Å². The van der Waals surface area contributed by atoms with Gasteiger partial charge in [-0.1, -0.05) is 0 Å². The number of hydrogen-bond acceptors (Lipinski definition) is 10. The van der Waals surface area contributed by atoms with Crippen molar-refractivity contribution < 1.29 is 49.0 Å². The van der Waals surface area contributed by atoms with Crippen LogP contribution in [0.5, 0.6) is 0 Å². The average molecular weight is 336 g/mol. The second-order valence-corrected chi connectivity index (χ2v) is 5.49. The lowest BCUT2D eigenvalue weighted by molar-refractivity contribution is -0.240. The molecule has 0 aromatic heterocycles. The first-order valence-corrected chi connectivity index (χ1v) is 6.96. The number of aliphatic hydroxyl groups excluding tert-OH is 3. The summed E-state index contributed by atoms with van der Waals surface area (Å²) in [6, 6.07) is 0. The van der Waals surface area contributed by atoms with Crippen molar-refractivity contribution in [2.45, 2.75) is 42.7 Å². The fraction of sp³-hybridized carbons (Fsp3) is 0.846. The SMILES string of the molecule is COC(=O)C[C@]1(O)O[C@@H]2[C@@H](O)[C@H]([C@H](O)CO)O[C@@H]2[C@H]1C(=O)OC. The van der Waals surface area contributed by atoms with Crippen LogP contribution in [0.15, 0.2) is 0 Å². The van der Waals surface area contributed by atoms with E-state index in [-0.39, 0.29) is 0 Å². The van der Waals surface area contributed by atoms with Crippen molar-refractivity contribution in [2.75, 3.05) is 20.8 Å². The highest BCUT2D eigenvalue weighted by Crippen LogP contribution is 2.46. The molecule has 23 heavy (non-hydrogen) atoms. The van der Waals surface area contributed by atoms with Crippen LogP contribution >= 0.6 is 0 Å². The van der Waals surface area contributed by atoms with Gasteiger partial charge >= 0.3 is 11.9 Å². The number of methoxy groups -OCH3 is 2. The summed E-state index contributed by atoms with van der Waals surface area (Å²) in [7, 11) is 2.19. The quantitative estimate of drug-likeness (QED) is 0.380. The second-order valence-electron chi connectivity index (χ2n) is 5.49. The van der Waals surface area contributed by atoms with Gasteiger partial charge in [0.2, 0.25) is 0 Å². The molecule has 2 aliphatic rings. The molecule has 0 amide bonds. The molecular weight excluding hydrogens is 316 g/mol. The summed E-state index contributed by atoms with van der Waals surface area (Å²) in [5.41, 5.74) is 0. The molecule has 2 saturated heterocycles. The van der Waals surface area contributed by atoms with E-state index in [4.69, 9.17) is 14.6 Å². The van der Waals surface area contributed by atoms with Crippen molar-refractivity contribution in [1.29, 1.82) is 0 Å². The molecule has 2 heterocycles. The third kappa shape index (κ3) is 3.05. The lowest BCUT2D eigenvalue weighted by atomic mass is 9.91. The summed E-state index contributed by atoms with van der Waals surface area (Å²) in [6.07, 6.45) is -7.02. The molecule has 2 fully saturated rings. The van der Waals surface area contributed by atoms with Gasteiger partial charge in [-0.2, -0.15) is 0 Å². The van der Waals surface area contributed by atoms with Crippen LogP contribution in [0.1, 0.15) is 6.42 Å². The number of carbonyl (C=O) groups excluding carboxylic acids is 2. The molecule has 4 N–H and O–H groups in total. The summed E-state index contributed by atoms with van der Waals surface area (Å²) < 4.78 is 19.8. The Kier molecular flexibility index (Phi) is 5.23. The molecule has 2 rings (SSSR count). The van der Waals surface area contributed by atoms with Crippen molar-refractivity contribution in [3.8, 4) is 0 Å². The number of carbonyl (C=O) groups is 2. The molecule has 0 aromatic carbocycles. The molecule has 0 aliphatic carbocycles. The molecule has 0 radical (unpaired) electrons. The Balaban J connectivity index is 2.28. The van der Waals surface area contributed by atoms with E-state index in [9.17, 15) is 24.9 Å². The van der Waals surface area contributed by atoms with Crippen molar-refractivity contribution in [3.05, 3.63) is 0 Å². The number of hydrogen-bond donors (Lipinski definition) is 4. The average Bonchev–Trinajstić information content (AvgIpc) is 2.98. The minimum absolute atomic E-state index is 0.667. The molecule has 10 nitrogen and oxygen atoms in total. The highest BCUT2D eigenvalue weighted by Gasteiger charge is 2.66. The highest BCUT2D eigenvalue weighted by atomic mass is 16.7. The van der Waals surface area contributed by atoms with Gasteiger partial charge in [0.15, 0.2) is 5.79 Å². The highest BCUT2D eigenvalue weighted by molar-refractivity contribution is 5.77. The molecule has 2 aliphatic heterocycles. The maximum absolute atomic E-state index is 12.0. The van der Waals surface area contributed by atoms with Gasteiger partial charge in [0.05, 0.1) is 20.8 Å². The molecule has 7 atom stereocenters. The van der Waals surface area contributed by atoms with E-state index in [2.05, 4.69) is 9.47 Å². The Labute approximate surface area is 131 Å². The third-order valence-corrected chi connectivity index (χ3v) is 4.11. The first-order chi connectivity index (χ1) is 10.8. The molecule has 0 bridgehead atoms. The second kappa shape index (κ2) is 6.67. The van der Waals surface area contributed by atoms with Crippen LogP contribution in [0, 0.1) is 5.92 Å². The van der Waals surface area contributed by atoms with E-state index in [1.807, 2.05) is 0 Å². The normalized spacial score (nSPS) is 40.5. The lowest BCUT2D eigenvalue weighted by Gasteiger charge is -2.30.